The Morgan fingerprint density at radius 1 is 1.04 bits per heavy atom. The third kappa shape index (κ3) is 12.3. The number of aliphatic hydroxyl groups excluding tert-OH is 1. The molecule has 2 aliphatic rings. The van der Waals surface area contributed by atoms with Gasteiger partial charge in [-0.15, -0.1) is 0 Å². The van der Waals surface area contributed by atoms with Crippen LogP contribution in [-0.2, 0) is 25.5 Å². The van der Waals surface area contributed by atoms with Crippen LogP contribution in [0.25, 0.3) is 28.2 Å². The van der Waals surface area contributed by atoms with E-state index in [9.17, 15) is 39.6 Å². The molecule has 5 aromatic rings. The highest BCUT2D eigenvalue weighted by molar-refractivity contribution is 8.76. The molecular formula is C53H64N4O12S2. The molecule has 7 rings (SSSR count). The maximum Gasteiger partial charge on any atom is 0.335 e. The zero-order valence-corrected chi connectivity index (χ0v) is 41.6. The Labute approximate surface area is 420 Å². The van der Waals surface area contributed by atoms with Crippen molar-refractivity contribution in [3.8, 4) is 22.6 Å². The van der Waals surface area contributed by atoms with Crippen molar-refractivity contribution in [3.05, 3.63) is 124 Å². The number of aliphatic hydroxyl groups is 2. The van der Waals surface area contributed by atoms with Gasteiger partial charge in [-0.05, 0) is 116 Å². The predicted octanol–water partition coefficient (Wildman–Crippen LogP) is 7.01. The van der Waals surface area contributed by atoms with Crippen LogP contribution in [0.5, 0.6) is 11.5 Å². The SMILES string of the molecule is CCCCCCNCCCc1ccccc1/C=C/C[C@H](C)[C@H]1CNC[C@]2(O)[C@H](Oc3ccc4c(=O)c(-c5ccc(O)cc5)c(C(N)=O)oc4c3)O[C@H](C(=O)O)[C@@H](O)[C@]2(C=O)OCSSC[C@H]1c1cc[nH]c1. The van der Waals surface area contributed by atoms with Crippen molar-refractivity contribution >= 4 is 56.8 Å². The molecule has 0 radical (unpaired) electrons. The molecule has 18 heteroatoms. The highest BCUT2D eigenvalue weighted by Crippen LogP contribution is 2.44. The Hall–Kier alpha value is -5.44. The van der Waals surface area contributed by atoms with Gasteiger partial charge >= 0.3 is 5.97 Å². The fourth-order valence-corrected chi connectivity index (χ4v) is 11.6. The van der Waals surface area contributed by atoms with Gasteiger partial charge in [0.05, 0.1) is 10.9 Å². The first kappa shape index (κ1) is 53.4. The quantitative estimate of drug-likeness (QED) is 0.0222. The number of phenolic OH excluding ortho intramolecular Hbond substituents is 1. The van der Waals surface area contributed by atoms with E-state index in [2.05, 4.69) is 65.9 Å². The fraction of sp³-hybridized carbons (Fsp3) is 0.434. The van der Waals surface area contributed by atoms with E-state index in [1.807, 2.05) is 18.5 Å². The van der Waals surface area contributed by atoms with Crippen LogP contribution < -0.4 is 26.5 Å². The average molecular weight is 1010 g/mol. The summed E-state index contributed by atoms with van der Waals surface area (Å²) in [6.07, 6.45) is 9.78. The molecule has 9 N–H and O–H groups in total. The van der Waals surface area contributed by atoms with Crippen molar-refractivity contribution in [2.24, 2.45) is 17.6 Å². The molecule has 380 valence electrons. The number of aldehydes is 1. The standard InChI is InChI=1S/C53H64N4O12S2/c1-3-4-5-8-23-55-24-10-15-35-13-7-6-12-34(35)14-9-11-33(2)41-28-57-30-52(65)51(69-47(50(63)64)48(61)53(52,31-58)66-32-71-70-29-42(41)37-22-25-56-27-37)67-39-20-21-40-43(26-39)68-46(49(54)62)44(45(40)60)36-16-18-38(59)19-17-36/h6-7,9,12-14,16-22,25-27,31,33,41-42,47-48,51,55-57,59,61,65H,3-5,8,10-11,15,23-24,28-30,32H2,1-2H3,(H2,54,62)(H,63,64)/b14-9+/t33-,41+,42-,47-,48+,51+,52-,53-/m0/s1. The molecule has 0 saturated carbocycles. The molecule has 1 amide bonds. The number of phenols is 1. The number of aryl methyl sites for hydroxylation is 1. The predicted molar refractivity (Wildman–Crippen MR) is 275 cm³/mol. The van der Waals surface area contributed by atoms with Crippen LogP contribution in [0.4, 0.5) is 0 Å². The maximum atomic E-state index is 13.9. The molecule has 2 aliphatic heterocycles. The molecule has 4 heterocycles. The number of carboxylic acid groups (broad SMARTS) is 1. The van der Waals surface area contributed by atoms with E-state index >= 15 is 0 Å². The number of aliphatic carboxylic acids is 1. The number of benzene rings is 3. The Bertz CT molecular complexity index is 2660. The van der Waals surface area contributed by atoms with E-state index < -0.39 is 59.3 Å². The Morgan fingerprint density at radius 3 is 2.56 bits per heavy atom. The summed E-state index contributed by atoms with van der Waals surface area (Å²) in [7, 11) is 2.73. The van der Waals surface area contributed by atoms with Crippen LogP contribution in [0, 0.1) is 11.8 Å². The van der Waals surface area contributed by atoms with E-state index in [0.717, 1.165) is 31.5 Å². The molecule has 16 nitrogen and oxygen atoms in total. The lowest BCUT2D eigenvalue weighted by atomic mass is 9.73. The van der Waals surface area contributed by atoms with Crippen LogP contribution in [0.1, 0.15) is 85.5 Å². The summed E-state index contributed by atoms with van der Waals surface area (Å²) in [6.45, 7) is 6.21. The fourth-order valence-electron chi connectivity index (χ4n) is 9.57. The van der Waals surface area contributed by atoms with Crippen LogP contribution in [-0.4, -0.2) is 111 Å². The van der Waals surface area contributed by atoms with Crippen molar-refractivity contribution in [1.82, 2.24) is 15.6 Å². The number of β-amino-alcohol motifs (C(OH)–C–C–N with tert-alkyl or cyclic N) is 1. The minimum atomic E-state index is -2.61. The number of H-pyrrole nitrogens is 1. The number of carbonyl (C=O) groups excluding carboxylic acids is 2. The van der Waals surface area contributed by atoms with Gasteiger partial charge in [0.15, 0.2) is 23.6 Å². The van der Waals surface area contributed by atoms with Crippen LogP contribution >= 0.6 is 21.6 Å². The number of aromatic amines is 1. The number of primary amides is 1. The number of amides is 1. The minimum Gasteiger partial charge on any atom is -0.508 e. The van der Waals surface area contributed by atoms with Crippen molar-refractivity contribution in [1.29, 1.82) is 0 Å². The molecule has 71 heavy (non-hydrogen) atoms. The summed E-state index contributed by atoms with van der Waals surface area (Å²) in [5, 5.41) is 51.8. The first-order chi connectivity index (χ1) is 34.3. The molecule has 0 spiro atoms. The summed E-state index contributed by atoms with van der Waals surface area (Å²) in [4.78, 5) is 55.9. The number of hydrogen-bond donors (Lipinski definition) is 8. The summed E-state index contributed by atoms with van der Waals surface area (Å²) in [5.74, 6) is -2.99. The molecule has 0 unspecified atom stereocenters. The number of allylic oxidation sites excluding steroid dienone is 1. The monoisotopic (exact) mass is 1010 g/mol. The number of nitrogens with one attached hydrogen (secondary N) is 3. The molecule has 2 saturated heterocycles. The number of rotatable bonds is 20. The van der Waals surface area contributed by atoms with Gasteiger partial charge in [0.2, 0.25) is 17.5 Å². The van der Waals surface area contributed by atoms with Gasteiger partial charge in [0.1, 0.15) is 29.1 Å². The average Bonchev–Trinajstić information content (AvgIpc) is 3.90. The molecule has 3 aromatic carbocycles. The first-order valence-corrected chi connectivity index (χ1v) is 26.6. The van der Waals surface area contributed by atoms with E-state index in [1.54, 1.807) is 0 Å². The third-order valence-electron chi connectivity index (χ3n) is 13.6. The number of ether oxygens (including phenoxy) is 3. The third-order valence-corrected chi connectivity index (χ3v) is 15.7. The van der Waals surface area contributed by atoms with Gasteiger partial charge in [-0.25, -0.2) is 4.79 Å². The van der Waals surface area contributed by atoms with E-state index in [1.165, 1.54) is 101 Å². The lowest BCUT2D eigenvalue weighted by Crippen LogP contribution is -2.80. The second kappa shape index (κ2) is 24.8. The number of nitrogens with two attached hydrogens (primary N) is 1. The number of aromatic nitrogens is 1. The van der Waals surface area contributed by atoms with E-state index in [-0.39, 0.29) is 63.6 Å². The van der Waals surface area contributed by atoms with Gasteiger partial charge in [0.25, 0.3) is 5.91 Å². The highest BCUT2D eigenvalue weighted by atomic mass is 33.1. The van der Waals surface area contributed by atoms with Crippen molar-refractivity contribution < 1.29 is 53.4 Å². The summed E-state index contributed by atoms with van der Waals surface area (Å²) >= 11 is 0. The van der Waals surface area contributed by atoms with Gasteiger partial charge in [-0.3, -0.25) is 14.4 Å². The summed E-state index contributed by atoms with van der Waals surface area (Å²) in [6, 6.07) is 19.9. The van der Waals surface area contributed by atoms with Crippen LogP contribution in [0.3, 0.4) is 0 Å². The molecule has 2 fully saturated rings. The number of hydrogen-bond acceptors (Lipinski definition) is 15. The van der Waals surface area contributed by atoms with E-state index in [4.69, 9.17) is 24.4 Å². The lowest BCUT2D eigenvalue weighted by molar-refractivity contribution is -0.340. The largest absolute Gasteiger partial charge is 0.508 e. The molecule has 0 bridgehead atoms. The smallest absolute Gasteiger partial charge is 0.335 e. The Kier molecular flexibility index (Phi) is 18.6. The molecular weight excluding hydrogens is 949 g/mol. The zero-order valence-electron chi connectivity index (χ0n) is 39.9. The maximum absolute atomic E-state index is 13.9. The van der Waals surface area contributed by atoms with Gasteiger partial charge < -0.3 is 60.4 Å². The normalized spacial score (nSPS) is 24.6. The van der Waals surface area contributed by atoms with Crippen molar-refractivity contribution in [3.63, 3.8) is 0 Å². The molecule has 8 atom stereocenters. The highest BCUT2D eigenvalue weighted by Gasteiger charge is 2.69. The Balaban J connectivity index is 1.16. The number of unbranched alkanes of at least 4 members (excludes halogenated alkanes) is 3. The summed E-state index contributed by atoms with van der Waals surface area (Å²) < 4.78 is 24.1. The lowest BCUT2D eigenvalue weighted by Gasteiger charge is -2.53. The first-order valence-electron chi connectivity index (χ1n) is 24.1. The van der Waals surface area contributed by atoms with E-state index in [0.29, 0.717) is 18.7 Å². The second-order valence-corrected chi connectivity index (χ2v) is 20.7. The van der Waals surface area contributed by atoms with Crippen molar-refractivity contribution in [2.45, 2.75) is 94.4 Å². The van der Waals surface area contributed by atoms with Crippen molar-refractivity contribution in [2.75, 3.05) is 37.9 Å². The van der Waals surface area contributed by atoms with Gasteiger partial charge in [-0.2, -0.15) is 0 Å². The number of carbonyl (C=O) groups is 3. The van der Waals surface area contributed by atoms with Crippen LogP contribution in [0.15, 0.2) is 100 Å². The second-order valence-electron chi connectivity index (χ2n) is 18.3. The topological polar surface area (TPSA) is 256 Å². The zero-order chi connectivity index (χ0) is 50.5. The number of aromatic hydroxyl groups is 1. The minimum absolute atomic E-state index is 0.00467. The molecule has 0 aliphatic carbocycles. The summed E-state index contributed by atoms with van der Waals surface area (Å²) in [5.41, 5.74) is 3.35. The van der Waals surface area contributed by atoms with Gasteiger partial charge in [-0.1, -0.05) is 103 Å². The number of fused-ring (bicyclic) bond motifs is 2. The van der Waals surface area contributed by atoms with Crippen LogP contribution in [0.2, 0.25) is 0 Å². The Morgan fingerprint density at radius 2 is 1.83 bits per heavy atom. The number of carboxylic acids is 1. The molecule has 2 aromatic heterocycles. The van der Waals surface area contributed by atoms with Gasteiger partial charge in [0, 0.05) is 30.8 Å².